The first-order valence-electron chi connectivity index (χ1n) is 15.4. The molecule has 1 aliphatic rings. The van der Waals surface area contributed by atoms with Gasteiger partial charge >= 0.3 is 0 Å². The molecule has 228 valence electrons. The number of rotatable bonds is 10. The van der Waals surface area contributed by atoms with E-state index < -0.39 is 0 Å². The van der Waals surface area contributed by atoms with Crippen LogP contribution in [0.4, 0.5) is 0 Å². The highest BCUT2D eigenvalue weighted by Crippen LogP contribution is 2.31. The molecule has 0 saturated carbocycles. The van der Waals surface area contributed by atoms with Crippen LogP contribution in [0.5, 0.6) is 0 Å². The number of ketones is 2. The Hall–Kier alpha value is -3.47. The molecule has 0 fully saturated rings. The zero-order valence-corrected chi connectivity index (χ0v) is 27.7. The molecule has 3 aromatic carbocycles. The largest absolute Gasteiger partial charge is 0.390 e. The summed E-state index contributed by atoms with van der Waals surface area (Å²) in [4.78, 5) is 26.5. The first-order chi connectivity index (χ1) is 21.4. The fraction of sp³-hybridized carbons (Fsp3) is 0.282. The Labute approximate surface area is 275 Å². The highest BCUT2D eigenvalue weighted by molar-refractivity contribution is 9.12. The lowest BCUT2D eigenvalue weighted by molar-refractivity contribution is -0.115. The molecule has 1 aliphatic carbocycles. The van der Waals surface area contributed by atoms with Gasteiger partial charge in [-0.3, -0.25) is 9.59 Å². The van der Waals surface area contributed by atoms with E-state index in [0.29, 0.717) is 47.5 Å². The number of carbonyl (C=O) groups excluding carboxylic acids is 2. The Bertz CT molecular complexity index is 1520. The van der Waals surface area contributed by atoms with Crippen molar-refractivity contribution < 1.29 is 9.59 Å². The summed E-state index contributed by atoms with van der Waals surface area (Å²) in [5, 5.41) is 3.91. The molecule has 0 amide bonds. The molecule has 0 radical (unpaired) electrons. The number of benzene rings is 3. The molecule has 1 unspecified atom stereocenters. The third-order valence-electron chi connectivity index (χ3n) is 8.15. The van der Waals surface area contributed by atoms with Gasteiger partial charge in [-0.15, -0.1) is 0 Å². The van der Waals surface area contributed by atoms with Gasteiger partial charge in [0.25, 0.3) is 0 Å². The van der Waals surface area contributed by atoms with Crippen molar-refractivity contribution in [3.05, 3.63) is 152 Å². The molecule has 0 heterocycles. The molecule has 44 heavy (non-hydrogen) atoms. The van der Waals surface area contributed by atoms with Crippen LogP contribution in [0.15, 0.2) is 131 Å². The van der Waals surface area contributed by atoms with Crippen molar-refractivity contribution in [3.8, 4) is 0 Å². The van der Waals surface area contributed by atoms with Crippen LogP contribution in [0.1, 0.15) is 67.6 Å². The van der Waals surface area contributed by atoms with Crippen LogP contribution in [0.25, 0.3) is 0 Å². The SMILES string of the molecule is CN/C(CC=C1CCC(=O)/C(Cc2cccc(Cl)c2)=C\CCC(c2ccccc2)CC1)=C(/Br)C(=O)/C=C/Cc1ccccc1. The van der Waals surface area contributed by atoms with Crippen molar-refractivity contribution in [1.29, 1.82) is 0 Å². The maximum atomic E-state index is 13.5. The highest BCUT2D eigenvalue weighted by atomic mass is 79.9. The summed E-state index contributed by atoms with van der Waals surface area (Å²) in [7, 11) is 1.84. The smallest absolute Gasteiger partial charge is 0.194 e. The van der Waals surface area contributed by atoms with Crippen molar-refractivity contribution in [3.63, 3.8) is 0 Å². The molecule has 0 aromatic heterocycles. The van der Waals surface area contributed by atoms with Crippen LogP contribution in [0, 0.1) is 0 Å². The lowest BCUT2D eigenvalue weighted by Gasteiger charge is -2.18. The van der Waals surface area contributed by atoms with Crippen molar-refractivity contribution in [2.75, 3.05) is 7.05 Å². The molecule has 0 aliphatic heterocycles. The summed E-state index contributed by atoms with van der Waals surface area (Å²) in [5.41, 5.74) is 6.51. The van der Waals surface area contributed by atoms with Gasteiger partial charge in [0.05, 0.1) is 4.48 Å². The molecule has 0 spiro atoms. The predicted molar refractivity (Wildman–Crippen MR) is 187 cm³/mol. The third-order valence-corrected chi connectivity index (χ3v) is 9.25. The zero-order chi connectivity index (χ0) is 31.1. The first-order valence-corrected chi connectivity index (χ1v) is 16.6. The van der Waals surface area contributed by atoms with Crippen LogP contribution in [-0.2, 0) is 22.4 Å². The fourth-order valence-electron chi connectivity index (χ4n) is 5.62. The predicted octanol–water partition coefficient (Wildman–Crippen LogP) is 10.0. The molecule has 5 heteroatoms. The van der Waals surface area contributed by atoms with Gasteiger partial charge in [0.2, 0.25) is 0 Å². The van der Waals surface area contributed by atoms with Crippen LogP contribution in [0.2, 0.25) is 5.02 Å². The van der Waals surface area contributed by atoms with Crippen molar-refractivity contribution >= 4 is 39.1 Å². The van der Waals surface area contributed by atoms with Gasteiger partial charge in [-0.1, -0.05) is 108 Å². The van der Waals surface area contributed by atoms with Crippen LogP contribution >= 0.6 is 27.5 Å². The van der Waals surface area contributed by atoms with Gasteiger partial charge in [-0.25, -0.2) is 0 Å². The minimum Gasteiger partial charge on any atom is -0.390 e. The van der Waals surface area contributed by atoms with Gasteiger partial charge < -0.3 is 5.32 Å². The van der Waals surface area contributed by atoms with Crippen LogP contribution in [0.3, 0.4) is 0 Å². The number of nitrogens with one attached hydrogen (secondary N) is 1. The highest BCUT2D eigenvalue weighted by Gasteiger charge is 2.18. The van der Waals surface area contributed by atoms with E-state index in [1.807, 2.05) is 55.6 Å². The van der Waals surface area contributed by atoms with Gasteiger partial charge in [0.15, 0.2) is 11.6 Å². The number of carbonyl (C=O) groups is 2. The van der Waals surface area contributed by atoms with Crippen molar-refractivity contribution in [1.82, 2.24) is 5.32 Å². The number of Topliss-reactive ketones (excluding diaryl/α,β-unsaturated/α-hetero) is 1. The molecule has 0 bridgehead atoms. The Kier molecular flexibility index (Phi) is 13.5. The Morgan fingerprint density at radius 1 is 0.932 bits per heavy atom. The summed E-state index contributed by atoms with van der Waals surface area (Å²) in [6.45, 7) is 0. The molecule has 1 atom stereocenters. The number of halogens is 2. The monoisotopic (exact) mass is 669 g/mol. The second-order valence-electron chi connectivity index (χ2n) is 11.2. The molecule has 0 saturated heterocycles. The number of allylic oxidation sites excluding steroid dienone is 7. The minimum atomic E-state index is -0.0683. The lowest BCUT2D eigenvalue weighted by atomic mass is 9.88. The van der Waals surface area contributed by atoms with E-state index in [-0.39, 0.29) is 11.6 Å². The number of hydrogen-bond acceptors (Lipinski definition) is 3. The minimum absolute atomic E-state index is 0.0683. The van der Waals surface area contributed by atoms with Gasteiger partial charge in [-0.2, -0.15) is 0 Å². The quantitative estimate of drug-likeness (QED) is 0.173. The van der Waals surface area contributed by atoms with Crippen LogP contribution < -0.4 is 5.32 Å². The average Bonchev–Trinajstić information content (AvgIpc) is 3.07. The summed E-state index contributed by atoms with van der Waals surface area (Å²) in [6, 6.07) is 28.6. The maximum absolute atomic E-state index is 13.5. The Balaban J connectivity index is 1.52. The van der Waals surface area contributed by atoms with E-state index in [1.165, 1.54) is 11.1 Å². The van der Waals surface area contributed by atoms with Crippen molar-refractivity contribution in [2.24, 2.45) is 0 Å². The summed E-state index contributed by atoms with van der Waals surface area (Å²) < 4.78 is 0.530. The van der Waals surface area contributed by atoms with E-state index >= 15 is 0 Å². The van der Waals surface area contributed by atoms with E-state index in [4.69, 9.17) is 11.6 Å². The summed E-state index contributed by atoms with van der Waals surface area (Å²) >= 11 is 9.80. The van der Waals surface area contributed by atoms with Gasteiger partial charge in [0, 0.05) is 37.0 Å². The average molecular weight is 671 g/mol. The van der Waals surface area contributed by atoms with Crippen molar-refractivity contribution in [2.45, 2.75) is 63.7 Å². The van der Waals surface area contributed by atoms with E-state index in [2.05, 4.69) is 75.9 Å². The van der Waals surface area contributed by atoms with Gasteiger partial charge in [-0.05, 0) is 101 Å². The molecule has 4 rings (SSSR count). The summed E-state index contributed by atoms with van der Waals surface area (Å²) in [6.07, 6.45) is 14.7. The standard InChI is InChI=1S/C39H41BrClNO2/c1-42-36(39(40)38(44)20-9-13-29-11-4-2-5-12-29)25-22-30-21-24-33(32-15-6-3-7-16-32)17-10-18-34(37(43)26-23-30)27-31-14-8-19-35(41)28-31/h2-9,11-12,14-16,18-20,22,28,33,42H,10,13,17,21,23-27H2,1H3/b20-9+,30-22?,34-18-,39-36+. The van der Waals surface area contributed by atoms with Gasteiger partial charge in [0.1, 0.15) is 0 Å². The molecular weight excluding hydrogens is 630 g/mol. The molecule has 3 nitrogen and oxygen atoms in total. The van der Waals surface area contributed by atoms with E-state index in [1.54, 1.807) is 6.08 Å². The van der Waals surface area contributed by atoms with E-state index in [0.717, 1.165) is 48.1 Å². The second kappa shape index (κ2) is 17.7. The summed E-state index contributed by atoms with van der Waals surface area (Å²) in [5.74, 6) is 0.526. The zero-order valence-electron chi connectivity index (χ0n) is 25.4. The molecule has 3 aromatic rings. The first kappa shape index (κ1) is 33.4. The van der Waals surface area contributed by atoms with E-state index in [9.17, 15) is 9.59 Å². The normalized spacial score (nSPS) is 19.2. The fourth-order valence-corrected chi connectivity index (χ4v) is 6.33. The third kappa shape index (κ3) is 10.6. The Morgan fingerprint density at radius 3 is 2.39 bits per heavy atom. The second-order valence-corrected chi connectivity index (χ2v) is 12.5. The van der Waals surface area contributed by atoms with Crippen LogP contribution in [-0.4, -0.2) is 18.6 Å². The molecular formula is C39H41BrClNO2. The number of hydrogen-bond donors (Lipinski definition) is 1. The molecule has 1 N–H and O–H groups in total. The Morgan fingerprint density at radius 2 is 1.66 bits per heavy atom. The maximum Gasteiger partial charge on any atom is 0.194 e. The topological polar surface area (TPSA) is 46.2 Å². The lowest BCUT2D eigenvalue weighted by Crippen LogP contribution is -2.11.